The molecule has 0 aliphatic carbocycles. The third kappa shape index (κ3) is 43.4. The van der Waals surface area contributed by atoms with Gasteiger partial charge in [0.1, 0.15) is 79.3 Å². The summed E-state index contributed by atoms with van der Waals surface area (Å²) in [5.74, 6) is 0. The largest absolute Gasteiger partial charge is 1.00 e. The highest BCUT2D eigenvalue weighted by molar-refractivity contribution is 4.29. The molecule has 0 heterocycles. The minimum atomic E-state index is 0. The second-order valence-corrected chi connectivity index (χ2v) is 5.91. The van der Waals surface area contributed by atoms with Crippen LogP contribution in [0.15, 0.2) is 0 Å². The van der Waals surface area contributed by atoms with Gasteiger partial charge in [-0.25, -0.2) is 0 Å². The molecule has 0 unspecified atom stereocenters. The van der Waals surface area contributed by atoms with E-state index in [4.69, 9.17) is 0 Å². The minimum Gasteiger partial charge on any atom is -1.00 e. The van der Waals surface area contributed by atoms with Crippen LogP contribution in [-0.4, -0.2) is 79.3 Å². The molecule has 0 amide bonds. The van der Waals surface area contributed by atoms with E-state index in [1.165, 1.54) is 0 Å². The standard InChI is InChI=1S/4C6H15O.4FH/c4*1-4-7(5-2)6-3;;;;/h4*4-6H2,1-3H3;4*1H/q4*+1;;;;/p-4. The fourth-order valence-electron chi connectivity index (χ4n) is 2.45. The highest BCUT2D eigenvalue weighted by atomic mass is 19.0. The van der Waals surface area contributed by atoms with Gasteiger partial charge in [-0.1, -0.05) is 0 Å². The van der Waals surface area contributed by atoms with Crippen molar-refractivity contribution in [2.45, 2.75) is 83.1 Å². The lowest BCUT2D eigenvalue weighted by molar-refractivity contribution is -0.119. The predicted octanol–water partition coefficient (Wildman–Crippen LogP) is -5.59. The Morgan fingerprint density at radius 2 is 0.281 bits per heavy atom. The van der Waals surface area contributed by atoms with E-state index in [2.05, 4.69) is 101 Å². The lowest BCUT2D eigenvalue weighted by Gasteiger charge is -2.11. The molecule has 0 aliphatic heterocycles. The number of hydrogen-bond donors (Lipinski definition) is 0. The van der Waals surface area contributed by atoms with Crippen molar-refractivity contribution in [3.05, 3.63) is 0 Å². The van der Waals surface area contributed by atoms with Gasteiger partial charge in [-0.05, 0) is 0 Å². The first-order valence-corrected chi connectivity index (χ1v) is 11.9. The number of halogens is 4. The van der Waals surface area contributed by atoms with Crippen molar-refractivity contribution in [1.29, 1.82) is 0 Å². The Hall–Kier alpha value is -0.440. The molecule has 4 nitrogen and oxygen atoms in total. The van der Waals surface area contributed by atoms with Gasteiger partial charge in [-0.15, -0.1) is 0 Å². The number of rotatable bonds is 12. The lowest BCUT2D eigenvalue weighted by atomic mass is 10.7. The van der Waals surface area contributed by atoms with Gasteiger partial charge in [0.15, 0.2) is 0 Å². The second kappa shape index (κ2) is 48.1. The molecule has 0 aromatic heterocycles. The molecule has 0 fully saturated rings. The van der Waals surface area contributed by atoms with Gasteiger partial charge in [0.25, 0.3) is 0 Å². The zero-order chi connectivity index (χ0) is 22.8. The van der Waals surface area contributed by atoms with Crippen LogP contribution < -0.4 is 18.8 Å². The third-order valence-electron chi connectivity index (χ3n) is 4.90. The zero-order valence-corrected chi connectivity index (χ0v) is 23.6. The van der Waals surface area contributed by atoms with Crippen LogP contribution in [0.5, 0.6) is 0 Å². The van der Waals surface area contributed by atoms with Gasteiger partial charge in [0, 0.05) is 83.1 Å². The molecule has 0 saturated heterocycles. The Morgan fingerprint density at radius 3 is 0.281 bits per heavy atom. The van der Waals surface area contributed by atoms with Gasteiger partial charge in [-0.3, -0.25) is 0 Å². The van der Waals surface area contributed by atoms with Crippen molar-refractivity contribution in [3.63, 3.8) is 0 Å². The lowest BCUT2D eigenvalue weighted by Crippen LogP contribution is -3.00. The predicted molar refractivity (Wildman–Crippen MR) is 131 cm³/mol. The summed E-state index contributed by atoms with van der Waals surface area (Å²) in [5.41, 5.74) is 0. The summed E-state index contributed by atoms with van der Waals surface area (Å²) >= 11 is 0. The minimum absolute atomic E-state index is 0. The molecule has 0 aliphatic rings. The second-order valence-electron chi connectivity index (χ2n) is 5.91. The summed E-state index contributed by atoms with van der Waals surface area (Å²) in [6, 6.07) is 0. The van der Waals surface area contributed by atoms with Gasteiger partial charge in [-0.2, -0.15) is 0 Å². The topological polar surface area (TPSA) is 10.8 Å². The molecule has 0 N–H and O–H groups in total. The average molecular weight is 489 g/mol. The van der Waals surface area contributed by atoms with Crippen molar-refractivity contribution >= 4 is 0 Å². The molecule has 0 rings (SSSR count). The van der Waals surface area contributed by atoms with Crippen LogP contribution in [0.25, 0.3) is 0 Å². The maximum absolute atomic E-state index is 3.07. The maximum Gasteiger partial charge on any atom is 0.142 e. The van der Waals surface area contributed by atoms with Gasteiger partial charge in [0.05, 0.1) is 0 Å². The van der Waals surface area contributed by atoms with Crippen LogP contribution in [0.1, 0.15) is 83.1 Å². The molecule has 0 aromatic carbocycles. The van der Waals surface area contributed by atoms with Crippen molar-refractivity contribution in [2.75, 3.05) is 79.3 Å². The molecule has 208 valence electrons. The Kier molecular flexibility index (Phi) is 79.8. The van der Waals surface area contributed by atoms with Crippen LogP contribution in [0, 0.1) is 0 Å². The first-order chi connectivity index (χ1) is 13.4. The van der Waals surface area contributed by atoms with E-state index in [1.807, 2.05) is 0 Å². The van der Waals surface area contributed by atoms with E-state index >= 15 is 0 Å². The van der Waals surface area contributed by atoms with Crippen molar-refractivity contribution in [1.82, 2.24) is 0 Å². The summed E-state index contributed by atoms with van der Waals surface area (Å²) in [6.45, 7) is 39.1. The first-order valence-electron chi connectivity index (χ1n) is 11.9. The summed E-state index contributed by atoms with van der Waals surface area (Å²) in [6.07, 6.45) is 0. The molecule has 32 heavy (non-hydrogen) atoms. The quantitative estimate of drug-likeness (QED) is 0.192. The van der Waals surface area contributed by atoms with E-state index in [-0.39, 0.29) is 18.8 Å². The van der Waals surface area contributed by atoms with E-state index in [0.29, 0.717) is 0 Å². The smallest absolute Gasteiger partial charge is 0.142 e. The van der Waals surface area contributed by atoms with Gasteiger partial charge in [0.2, 0.25) is 0 Å². The van der Waals surface area contributed by atoms with E-state index in [9.17, 15) is 0 Å². The monoisotopic (exact) mass is 488 g/mol. The van der Waals surface area contributed by atoms with Crippen molar-refractivity contribution in [3.8, 4) is 0 Å². The summed E-state index contributed by atoms with van der Waals surface area (Å²) in [4.78, 5) is 0. The van der Waals surface area contributed by atoms with Crippen molar-refractivity contribution in [2.24, 2.45) is 0 Å². The van der Waals surface area contributed by atoms with E-state index in [1.54, 1.807) is 0 Å². The Morgan fingerprint density at radius 1 is 0.219 bits per heavy atom. The highest BCUT2D eigenvalue weighted by Crippen LogP contribution is 1.92. The zero-order valence-electron chi connectivity index (χ0n) is 23.6. The van der Waals surface area contributed by atoms with Gasteiger partial charge < -0.3 is 36.3 Å². The molecule has 0 atom stereocenters. The van der Waals surface area contributed by atoms with Crippen LogP contribution >= 0.6 is 0 Å². The van der Waals surface area contributed by atoms with Crippen molar-refractivity contribution < 1.29 is 36.3 Å². The Bertz CT molecular complexity index is 168. The van der Waals surface area contributed by atoms with Crippen LogP contribution in [0.4, 0.5) is 0 Å². The molecular formula is C24H60F4O4. The number of hydrogen-bond acceptors (Lipinski definition) is 0. The molecule has 0 spiro atoms. The Labute approximate surface area is 199 Å². The summed E-state index contributed by atoms with van der Waals surface area (Å²) in [5, 5.41) is 0. The maximum atomic E-state index is 3.07. The molecule has 8 heteroatoms. The molecule has 0 aromatic rings. The fraction of sp³-hybridized carbons (Fsp3) is 1.00. The SMILES string of the molecule is CC[O+](CC)CC.CC[O+](CC)CC.CC[O+](CC)CC.CC[O+](CC)CC.[F-].[F-].[F-].[F-]. The van der Waals surface area contributed by atoms with Crippen LogP contribution in [0.3, 0.4) is 0 Å². The van der Waals surface area contributed by atoms with Crippen LogP contribution in [-0.2, 0) is 17.5 Å². The third-order valence-corrected chi connectivity index (χ3v) is 4.90. The fourth-order valence-corrected chi connectivity index (χ4v) is 2.45. The Balaban J connectivity index is -0.0000000384. The van der Waals surface area contributed by atoms with E-state index in [0.717, 1.165) is 79.3 Å². The molecule has 0 bridgehead atoms. The molecule has 0 saturated carbocycles. The highest BCUT2D eigenvalue weighted by Gasteiger charge is 1.96. The van der Waals surface area contributed by atoms with Gasteiger partial charge >= 0.3 is 0 Å². The van der Waals surface area contributed by atoms with Crippen LogP contribution in [0.2, 0.25) is 0 Å². The molecular weight excluding hydrogens is 428 g/mol. The summed E-state index contributed by atoms with van der Waals surface area (Å²) in [7, 11) is 0. The summed E-state index contributed by atoms with van der Waals surface area (Å²) < 4.78 is 12.3. The first kappa shape index (κ1) is 53.1. The van der Waals surface area contributed by atoms with E-state index < -0.39 is 0 Å². The average Bonchev–Trinajstić information content (AvgIpc) is 2.75. The molecule has 0 radical (unpaired) electrons. The normalized spacial score (nSPS) is 9.00.